The predicted octanol–water partition coefficient (Wildman–Crippen LogP) is 2.04. The van der Waals surface area contributed by atoms with E-state index in [1.807, 2.05) is 11.1 Å². The van der Waals surface area contributed by atoms with Gasteiger partial charge in [0.2, 0.25) is 5.91 Å². The van der Waals surface area contributed by atoms with Crippen molar-refractivity contribution in [2.75, 3.05) is 26.3 Å². The van der Waals surface area contributed by atoms with Gasteiger partial charge >= 0.3 is 0 Å². The first-order chi connectivity index (χ1) is 10.3. The highest BCUT2D eigenvalue weighted by atomic mass is 16.5. The SMILES string of the molecule is CCCn1nccc1C1CCN(C(=O)C2CCOC2)CC1. The second kappa shape index (κ2) is 6.60. The zero-order valence-corrected chi connectivity index (χ0v) is 12.8. The maximum atomic E-state index is 12.4. The van der Waals surface area contributed by atoms with Crippen LogP contribution < -0.4 is 0 Å². The maximum Gasteiger partial charge on any atom is 0.228 e. The molecule has 2 aliphatic heterocycles. The zero-order valence-electron chi connectivity index (χ0n) is 12.8. The van der Waals surface area contributed by atoms with Crippen molar-refractivity contribution in [3.63, 3.8) is 0 Å². The molecule has 1 unspecified atom stereocenters. The van der Waals surface area contributed by atoms with Crippen molar-refractivity contribution < 1.29 is 9.53 Å². The lowest BCUT2D eigenvalue weighted by molar-refractivity contribution is -0.136. The van der Waals surface area contributed by atoms with E-state index >= 15 is 0 Å². The van der Waals surface area contributed by atoms with Crippen LogP contribution in [0, 0.1) is 5.92 Å². The smallest absolute Gasteiger partial charge is 0.228 e. The van der Waals surface area contributed by atoms with Gasteiger partial charge in [-0.2, -0.15) is 5.10 Å². The minimum Gasteiger partial charge on any atom is -0.381 e. The van der Waals surface area contributed by atoms with Crippen LogP contribution in [-0.2, 0) is 16.1 Å². The van der Waals surface area contributed by atoms with Crippen LogP contribution in [-0.4, -0.2) is 46.9 Å². The van der Waals surface area contributed by atoms with E-state index in [0.29, 0.717) is 18.4 Å². The van der Waals surface area contributed by atoms with Crippen LogP contribution in [0.25, 0.3) is 0 Å². The van der Waals surface area contributed by atoms with Gasteiger partial charge in [-0.3, -0.25) is 9.48 Å². The van der Waals surface area contributed by atoms with Gasteiger partial charge < -0.3 is 9.64 Å². The summed E-state index contributed by atoms with van der Waals surface area (Å²) in [4.78, 5) is 14.4. The summed E-state index contributed by atoms with van der Waals surface area (Å²) in [5.74, 6) is 0.947. The van der Waals surface area contributed by atoms with Gasteiger partial charge in [-0.05, 0) is 31.7 Å². The molecule has 116 valence electrons. The Kier molecular flexibility index (Phi) is 4.58. The molecule has 21 heavy (non-hydrogen) atoms. The second-order valence-electron chi connectivity index (χ2n) is 6.14. The zero-order chi connectivity index (χ0) is 14.7. The molecule has 5 nitrogen and oxygen atoms in total. The van der Waals surface area contributed by atoms with Crippen molar-refractivity contribution >= 4 is 5.91 Å². The van der Waals surface area contributed by atoms with Crippen molar-refractivity contribution in [1.29, 1.82) is 0 Å². The Hall–Kier alpha value is -1.36. The van der Waals surface area contributed by atoms with Gasteiger partial charge in [-0.15, -0.1) is 0 Å². The molecule has 0 saturated carbocycles. The molecule has 0 radical (unpaired) electrons. The molecule has 2 saturated heterocycles. The monoisotopic (exact) mass is 291 g/mol. The number of amides is 1. The Bertz CT molecular complexity index is 472. The molecule has 0 aromatic carbocycles. The summed E-state index contributed by atoms with van der Waals surface area (Å²) in [6, 6.07) is 2.14. The Balaban J connectivity index is 1.57. The van der Waals surface area contributed by atoms with Gasteiger partial charge in [0.25, 0.3) is 0 Å². The maximum absolute atomic E-state index is 12.4. The van der Waals surface area contributed by atoms with Gasteiger partial charge in [-0.1, -0.05) is 6.92 Å². The van der Waals surface area contributed by atoms with Gasteiger partial charge in [0.1, 0.15) is 0 Å². The quantitative estimate of drug-likeness (QED) is 0.853. The fourth-order valence-electron chi connectivity index (χ4n) is 3.47. The number of ether oxygens (including phenoxy) is 1. The van der Waals surface area contributed by atoms with Crippen molar-refractivity contribution in [2.24, 2.45) is 5.92 Å². The molecule has 2 aliphatic rings. The number of rotatable bonds is 4. The first-order valence-corrected chi connectivity index (χ1v) is 8.18. The number of carbonyl (C=O) groups is 1. The topological polar surface area (TPSA) is 47.4 Å². The van der Waals surface area contributed by atoms with Gasteiger partial charge in [0.05, 0.1) is 12.5 Å². The van der Waals surface area contributed by atoms with Crippen molar-refractivity contribution in [3.05, 3.63) is 18.0 Å². The molecule has 1 atom stereocenters. The van der Waals surface area contributed by atoms with E-state index in [9.17, 15) is 4.79 Å². The third-order valence-corrected chi connectivity index (χ3v) is 4.69. The van der Waals surface area contributed by atoms with Crippen LogP contribution in [0.3, 0.4) is 0 Å². The highest BCUT2D eigenvalue weighted by molar-refractivity contribution is 5.79. The van der Waals surface area contributed by atoms with E-state index in [1.54, 1.807) is 0 Å². The number of hydrogen-bond donors (Lipinski definition) is 0. The lowest BCUT2D eigenvalue weighted by atomic mass is 9.92. The molecular weight excluding hydrogens is 266 g/mol. The molecule has 0 N–H and O–H groups in total. The van der Waals surface area contributed by atoms with E-state index in [-0.39, 0.29) is 5.92 Å². The fraction of sp³-hybridized carbons (Fsp3) is 0.750. The number of aryl methyl sites for hydroxylation is 1. The molecule has 1 aromatic heterocycles. The normalized spacial score (nSPS) is 23.7. The average Bonchev–Trinajstić information content (AvgIpc) is 3.19. The standard InChI is InChI=1S/C16H25N3O2/c1-2-8-19-15(3-7-17-19)13-4-9-18(10-5-13)16(20)14-6-11-21-12-14/h3,7,13-14H,2,4-6,8-12H2,1H3. The minimum atomic E-state index is 0.104. The highest BCUT2D eigenvalue weighted by Crippen LogP contribution is 2.29. The highest BCUT2D eigenvalue weighted by Gasteiger charge is 2.31. The summed E-state index contributed by atoms with van der Waals surface area (Å²) in [6.45, 7) is 6.26. The average molecular weight is 291 g/mol. The summed E-state index contributed by atoms with van der Waals surface area (Å²) in [6.07, 6.45) is 6.00. The number of hydrogen-bond acceptors (Lipinski definition) is 3. The second-order valence-corrected chi connectivity index (χ2v) is 6.14. The number of aromatic nitrogens is 2. The number of likely N-dealkylation sites (tertiary alicyclic amines) is 1. The largest absolute Gasteiger partial charge is 0.381 e. The Labute approximate surface area is 126 Å². The van der Waals surface area contributed by atoms with Crippen molar-refractivity contribution in [2.45, 2.75) is 45.1 Å². The molecule has 1 amide bonds. The third-order valence-electron chi connectivity index (χ3n) is 4.69. The van der Waals surface area contributed by atoms with E-state index in [0.717, 1.165) is 51.9 Å². The first kappa shape index (κ1) is 14.6. The molecule has 0 bridgehead atoms. The lowest BCUT2D eigenvalue weighted by Gasteiger charge is -2.33. The van der Waals surface area contributed by atoms with Crippen LogP contribution in [0.4, 0.5) is 0 Å². The molecule has 2 fully saturated rings. The molecule has 0 spiro atoms. The fourth-order valence-corrected chi connectivity index (χ4v) is 3.47. The predicted molar refractivity (Wildman–Crippen MR) is 80.0 cm³/mol. The van der Waals surface area contributed by atoms with Gasteiger partial charge in [0, 0.05) is 44.0 Å². The number of piperidine rings is 1. The van der Waals surface area contributed by atoms with E-state index < -0.39 is 0 Å². The minimum absolute atomic E-state index is 0.104. The van der Waals surface area contributed by atoms with E-state index in [4.69, 9.17) is 4.74 Å². The van der Waals surface area contributed by atoms with Crippen LogP contribution in [0.1, 0.15) is 44.2 Å². The molecular formula is C16H25N3O2. The summed E-state index contributed by atoms with van der Waals surface area (Å²) in [7, 11) is 0. The van der Waals surface area contributed by atoms with Crippen LogP contribution in [0.2, 0.25) is 0 Å². The molecule has 5 heteroatoms. The summed E-state index contributed by atoms with van der Waals surface area (Å²) in [5.41, 5.74) is 1.34. The number of nitrogens with zero attached hydrogens (tertiary/aromatic N) is 3. The van der Waals surface area contributed by atoms with Gasteiger partial charge in [-0.25, -0.2) is 0 Å². The molecule has 0 aliphatic carbocycles. The Morgan fingerprint density at radius 2 is 2.19 bits per heavy atom. The summed E-state index contributed by atoms with van der Waals surface area (Å²) < 4.78 is 7.46. The van der Waals surface area contributed by atoms with Crippen molar-refractivity contribution in [3.8, 4) is 0 Å². The van der Waals surface area contributed by atoms with E-state index in [2.05, 4.69) is 22.8 Å². The third kappa shape index (κ3) is 3.12. The van der Waals surface area contributed by atoms with Crippen molar-refractivity contribution in [1.82, 2.24) is 14.7 Å². The van der Waals surface area contributed by atoms with Crippen LogP contribution in [0.15, 0.2) is 12.3 Å². The summed E-state index contributed by atoms with van der Waals surface area (Å²) in [5, 5.41) is 4.42. The molecule has 1 aromatic rings. The Morgan fingerprint density at radius 3 is 2.86 bits per heavy atom. The Morgan fingerprint density at radius 1 is 1.38 bits per heavy atom. The van der Waals surface area contributed by atoms with Gasteiger partial charge in [0.15, 0.2) is 0 Å². The lowest BCUT2D eigenvalue weighted by Crippen LogP contribution is -2.41. The molecule has 3 rings (SSSR count). The number of carbonyl (C=O) groups excluding carboxylic acids is 1. The first-order valence-electron chi connectivity index (χ1n) is 8.18. The van der Waals surface area contributed by atoms with E-state index in [1.165, 1.54) is 5.69 Å². The van der Waals surface area contributed by atoms with Crippen LogP contribution in [0.5, 0.6) is 0 Å². The van der Waals surface area contributed by atoms with Crippen LogP contribution >= 0.6 is 0 Å². The summed E-state index contributed by atoms with van der Waals surface area (Å²) >= 11 is 0. The molecule has 3 heterocycles.